The van der Waals surface area contributed by atoms with Crippen LogP contribution < -0.4 is 5.14 Å². The minimum absolute atomic E-state index is 0.352. The fraction of sp³-hybridized carbons (Fsp3) is 0.400. The summed E-state index contributed by atoms with van der Waals surface area (Å²) < 4.78 is 61.0. The van der Waals surface area contributed by atoms with E-state index in [9.17, 15) is 21.6 Å². The van der Waals surface area contributed by atoms with Gasteiger partial charge in [0.05, 0.1) is 10.3 Å². The molecule has 0 aliphatic heterocycles. The van der Waals surface area contributed by atoms with Crippen molar-refractivity contribution in [1.82, 2.24) is 0 Å². The number of benzene rings is 1. The van der Waals surface area contributed by atoms with E-state index in [0.717, 1.165) is 26.0 Å². The summed E-state index contributed by atoms with van der Waals surface area (Å²) in [5.74, 6) is 0. The number of hydrogen-bond acceptors (Lipinski definition) is 2. The van der Waals surface area contributed by atoms with Gasteiger partial charge in [0, 0.05) is 0 Å². The Balaban J connectivity index is 3.54. The Morgan fingerprint density at radius 2 is 1.59 bits per heavy atom. The Morgan fingerprint density at radius 3 is 2.00 bits per heavy atom. The highest BCUT2D eigenvalue weighted by molar-refractivity contribution is 7.89. The fourth-order valence-corrected chi connectivity index (χ4v) is 2.28. The largest absolute Gasteiger partial charge is 0.397 e. The molecule has 0 amide bonds. The Morgan fingerprint density at radius 1 is 1.12 bits per heavy atom. The van der Waals surface area contributed by atoms with Crippen molar-refractivity contribution in [2.75, 3.05) is 0 Å². The SMILES string of the molecule is CC(C)(c1ccccc1S(N)(=O)=O)C(F)(F)F. The molecule has 0 radical (unpaired) electrons. The minimum atomic E-state index is -4.56. The second-order valence-electron chi connectivity index (χ2n) is 4.16. The smallest absolute Gasteiger partial charge is 0.225 e. The van der Waals surface area contributed by atoms with Crippen LogP contribution in [0, 0.1) is 0 Å². The van der Waals surface area contributed by atoms with E-state index < -0.39 is 26.5 Å². The van der Waals surface area contributed by atoms with Crippen molar-refractivity contribution in [3.05, 3.63) is 29.8 Å². The molecule has 1 rings (SSSR count). The molecule has 0 spiro atoms. The molecule has 0 atom stereocenters. The second kappa shape index (κ2) is 3.99. The van der Waals surface area contributed by atoms with E-state index in [-0.39, 0.29) is 5.56 Å². The Bertz CT molecular complexity index is 521. The van der Waals surface area contributed by atoms with Crippen LogP contribution in [0.25, 0.3) is 0 Å². The first-order valence-corrected chi connectivity index (χ1v) is 6.21. The molecular formula is C10H12F3NO2S. The summed E-state index contributed by atoms with van der Waals surface area (Å²) in [7, 11) is -4.18. The number of halogens is 3. The zero-order valence-electron chi connectivity index (χ0n) is 9.25. The van der Waals surface area contributed by atoms with Crippen LogP contribution in [0.15, 0.2) is 29.2 Å². The third-order valence-corrected chi connectivity index (χ3v) is 3.54. The average Bonchev–Trinajstić information content (AvgIpc) is 2.14. The van der Waals surface area contributed by atoms with Gasteiger partial charge >= 0.3 is 6.18 Å². The van der Waals surface area contributed by atoms with Crippen molar-refractivity contribution < 1.29 is 21.6 Å². The first-order valence-electron chi connectivity index (χ1n) is 4.67. The maximum Gasteiger partial charge on any atom is 0.397 e. The monoisotopic (exact) mass is 267 g/mol. The molecule has 2 N–H and O–H groups in total. The molecule has 0 heterocycles. The number of sulfonamides is 1. The van der Waals surface area contributed by atoms with Crippen molar-refractivity contribution in [1.29, 1.82) is 0 Å². The van der Waals surface area contributed by atoms with E-state index in [1.54, 1.807) is 0 Å². The zero-order valence-corrected chi connectivity index (χ0v) is 10.1. The topological polar surface area (TPSA) is 60.2 Å². The molecule has 0 saturated heterocycles. The van der Waals surface area contributed by atoms with Crippen LogP contribution in [-0.2, 0) is 15.4 Å². The average molecular weight is 267 g/mol. The van der Waals surface area contributed by atoms with Crippen LogP contribution in [0.1, 0.15) is 19.4 Å². The molecule has 3 nitrogen and oxygen atoms in total. The van der Waals surface area contributed by atoms with Gasteiger partial charge in [0.15, 0.2) is 0 Å². The van der Waals surface area contributed by atoms with Gasteiger partial charge in [0.2, 0.25) is 10.0 Å². The van der Waals surface area contributed by atoms with E-state index in [1.807, 2.05) is 0 Å². The van der Waals surface area contributed by atoms with Gasteiger partial charge in [-0.2, -0.15) is 13.2 Å². The Labute approximate surface area is 97.5 Å². The van der Waals surface area contributed by atoms with Crippen LogP contribution in [0.3, 0.4) is 0 Å². The van der Waals surface area contributed by atoms with Crippen LogP contribution in [0.2, 0.25) is 0 Å². The molecule has 0 saturated carbocycles. The predicted molar refractivity (Wildman–Crippen MR) is 56.9 cm³/mol. The third-order valence-electron chi connectivity index (χ3n) is 2.58. The summed E-state index contributed by atoms with van der Waals surface area (Å²) in [4.78, 5) is -0.498. The van der Waals surface area contributed by atoms with Gasteiger partial charge in [-0.25, -0.2) is 13.6 Å². The Kier molecular flexibility index (Phi) is 3.28. The van der Waals surface area contributed by atoms with Gasteiger partial charge in [-0.05, 0) is 25.5 Å². The minimum Gasteiger partial charge on any atom is -0.225 e. The van der Waals surface area contributed by atoms with E-state index in [0.29, 0.717) is 0 Å². The van der Waals surface area contributed by atoms with E-state index in [4.69, 9.17) is 5.14 Å². The molecular weight excluding hydrogens is 255 g/mol. The zero-order chi connectivity index (χ0) is 13.5. The molecule has 0 fully saturated rings. The number of hydrogen-bond donors (Lipinski definition) is 1. The van der Waals surface area contributed by atoms with Gasteiger partial charge < -0.3 is 0 Å². The molecule has 96 valence electrons. The first kappa shape index (κ1) is 14.0. The van der Waals surface area contributed by atoms with Crippen molar-refractivity contribution >= 4 is 10.0 Å². The summed E-state index contributed by atoms with van der Waals surface area (Å²) in [6.07, 6.45) is -4.56. The van der Waals surface area contributed by atoms with Gasteiger partial charge in [-0.1, -0.05) is 18.2 Å². The van der Waals surface area contributed by atoms with Crippen molar-refractivity contribution in [3.8, 4) is 0 Å². The first-order chi connectivity index (χ1) is 7.48. The number of nitrogens with two attached hydrogens (primary N) is 1. The quantitative estimate of drug-likeness (QED) is 0.892. The van der Waals surface area contributed by atoms with Gasteiger partial charge in [0.25, 0.3) is 0 Å². The van der Waals surface area contributed by atoms with Crippen LogP contribution in [-0.4, -0.2) is 14.6 Å². The van der Waals surface area contributed by atoms with Crippen molar-refractivity contribution in [2.45, 2.75) is 30.3 Å². The lowest BCUT2D eigenvalue weighted by atomic mass is 9.84. The molecule has 17 heavy (non-hydrogen) atoms. The maximum absolute atomic E-state index is 12.9. The Hall–Kier alpha value is -1.08. The summed E-state index contributed by atoms with van der Waals surface area (Å²) in [6.45, 7) is 1.83. The third kappa shape index (κ3) is 2.61. The molecule has 7 heteroatoms. The van der Waals surface area contributed by atoms with Crippen molar-refractivity contribution in [2.24, 2.45) is 5.14 Å². The van der Waals surface area contributed by atoms with Crippen LogP contribution in [0.4, 0.5) is 13.2 Å². The normalized spacial score (nSPS) is 13.8. The highest BCUT2D eigenvalue weighted by Crippen LogP contribution is 2.42. The second-order valence-corrected chi connectivity index (χ2v) is 5.69. The standard InChI is InChI=1S/C10H12F3NO2S/c1-9(2,10(11,12)13)7-5-3-4-6-8(7)17(14,15)16/h3-6H,1-2H3,(H2,14,15,16). The van der Waals surface area contributed by atoms with Gasteiger partial charge in [-0.3, -0.25) is 0 Å². The highest BCUT2D eigenvalue weighted by Gasteiger charge is 2.50. The van der Waals surface area contributed by atoms with Crippen LogP contribution in [0.5, 0.6) is 0 Å². The summed E-state index contributed by atoms with van der Waals surface area (Å²) >= 11 is 0. The maximum atomic E-state index is 12.9. The molecule has 0 bridgehead atoms. The van der Waals surface area contributed by atoms with Gasteiger partial charge in [0.1, 0.15) is 0 Å². The lowest BCUT2D eigenvalue weighted by Crippen LogP contribution is -2.38. The molecule has 0 aromatic heterocycles. The molecule has 0 aliphatic rings. The summed E-state index contributed by atoms with van der Waals surface area (Å²) in [5, 5.41) is 4.90. The number of rotatable bonds is 2. The van der Waals surface area contributed by atoms with E-state index in [2.05, 4.69) is 0 Å². The van der Waals surface area contributed by atoms with E-state index >= 15 is 0 Å². The number of primary sulfonamides is 1. The number of alkyl halides is 3. The van der Waals surface area contributed by atoms with Crippen LogP contribution >= 0.6 is 0 Å². The summed E-state index contributed by atoms with van der Waals surface area (Å²) in [5.41, 5.74) is -2.63. The fourth-order valence-electron chi connectivity index (χ4n) is 1.38. The molecule has 1 aromatic rings. The van der Waals surface area contributed by atoms with Crippen molar-refractivity contribution in [3.63, 3.8) is 0 Å². The molecule has 1 aromatic carbocycles. The lowest BCUT2D eigenvalue weighted by Gasteiger charge is -2.29. The highest BCUT2D eigenvalue weighted by atomic mass is 32.2. The van der Waals surface area contributed by atoms with E-state index in [1.165, 1.54) is 12.1 Å². The molecule has 0 aliphatic carbocycles. The summed E-state index contributed by atoms with van der Waals surface area (Å²) in [6, 6.07) is 4.86. The molecule has 0 unspecified atom stereocenters. The van der Waals surface area contributed by atoms with Gasteiger partial charge in [-0.15, -0.1) is 0 Å². The predicted octanol–water partition coefficient (Wildman–Crippen LogP) is 2.17. The lowest BCUT2D eigenvalue weighted by molar-refractivity contribution is -0.180.